The van der Waals surface area contributed by atoms with Gasteiger partial charge in [-0.05, 0) is 118 Å². The molecule has 0 amide bonds. The molecule has 0 aliphatic heterocycles. The number of carbonyl (C=O) groups excluding carboxylic acids is 5. The molecule has 0 heterocycles. The second-order valence-electron chi connectivity index (χ2n) is 16.8. The van der Waals surface area contributed by atoms with Crippen molar-refractivity contribution in [3.63, 3.8) is 0 Å². The lowest BCUT2D eigenvalue weighted by Gasteiger charge is -2.19. The maximum Gasteiger partial charge on any atom is 0.343 e. The number of hydrogen-bond acceptors (Lipinski definition) is 18. The summed E-state index contributed by atoms with van der Waals surface area (Å²) in [5, 5.41) is 10.5. The minimum atomic E-state index is -0.719. The summed E-state index contributed by atoms with van der Waals surface area (Å²) in [4.78, 5) is 67.4. The Kier molecular flexibility index (Phi) is 29.9. The van der Waals surface area contributed by atoms with E-state index in [0.717, 1.165) is 25.0 Å². The highest BCUT2D eigenvalue weighted by atomic mass is 19.1. The summed E-state index contributed by atoms with van der Waals surface area (Å²) in [5.41, 5.74) is 6.92. The van der Waals surface area contributed by atoms with Crippen LogP contribution in [0.15, 0.2) is 58.7 Å². The molecule has 0 bridgehead atoms. The lowest BCUT2D eigenvalue weighted by molar-refractivity contribution is -0.179. The molecule has 2 fully saturated rings. The summed E-state index contributed by atoms with van der Waals surface area (Å²) in [6.07, 6.45) is 6.61. The van der Waals surface area contributed by atoms with E-state index in [1.807, 2.05) is 19.0 Å². The number of ketones is 2. The maximum absolute atomic E-state index is 13.7. The fraction of sp³-hybridized carbons (Fsp3) is 0.481. The van der Waals surface area contributed by atoms with Crippen molar-refractivity contribution >= 4 is 41.4 Å². The lowest BCUT2D eigenvalue weighted by atomic mass is 9.98. The standard InChI is InChI=1S/C17H20FNO4.C16H20FNO4.C13H15FO4.C5H13NO2.C3H7N/c1-4-23-17(21)13(9-19-11-5-6-11)15(20)12-7-8-14(18)16(22-3)10(12)2;1-6-22-16(20)12(9-18(3)4)14(19)11-7-8-13(17)15(21-5)10(11)2;1-4-18-12(16)7-11(15)9-5-6-10(14)13(17-3)8(9)2;1-6(2)5(7-3)8-4;4-3-1-2-3/h7-9,11,20H,4-6H2,1-3H3;7-9H,6H2,1-5H3;5-6H,4,7H2,1-3H3;5H,1-4H3;3H,1-2,4H2/b;12-9+;;;. The molecular weight excluding hydrogens is 986 g/mol. The van der Waals surface area contributed by atoms with E-state index >= 15 is 0 Å². The molecule has 75 heavy (non-hydrogen) atoms. The molecule has 0 unspecified atom stereocenters. The highest BCUT2D eigenvalue weighted by Gasteiger charge is 2.26. The van der Waals surface area contributed by atoms with Crippen LogP contribution in [0.2, 0.25) is 0 Å². The fourth-order valence-electron chi connectivity index (χ4n) is 6.37. The number of benzene rings is 3. The van der Waals surface area contributed by atoms with Crippen molar-refractivity contribution in [2.45, 2.75) is 92.1 Å². The van der Waals surface area contributed by atoms with Crippen LogP contribution in [-0.2, 0) is 38.1 Å². The molecule has 0 aromatic heterocycles. The molecular formula is C54H75F3N4O14. The Morgan fingerprint density at radius 2 is 1.08 bits per heavy atom. The van der Waals surface area contributed by atoms with Gasteiger partial charge in [0.15, 0.2) is 40.5 Å². The molecule has 3 aromatic rings. The Morgan fingerprint density at radius 3 is 1.45 bits per heavy atom. The summed E-state index contributed by atoms with van der Waals surface area (Å²) in [7, 11) is 14.3. The summed E-state index contributed by atoms with van der Waals surface area (Å²) in [5.74, 6) is -4.85. The van der Waals surface area contributed by atoms with Gasteiger partial charge < -0.3 is 53.6 Å². The van der Waals surface area contributed by atoms with E-state index in [0.29, 0.717) is 28.3 Å². The molecule has 2 aliphatic rings. The fourth-order valence-corrected chi connectivity index (χ4v) is 6.37. The number of nitrogens with zero attached hydrogens (tertiary/aromatic N) is 3. The van der Waals surface area contributed by atoms with Gasteiger partial charge in [0.1, 0.15) is 23.3 Å². The number of esters is 3. The number of aliphatic hydroxyl groups is 1. The highest BCUT2D eigenvalue weighted by Crippen LogP contribution is 2.31. The molecule has 0 saturated heterocycles. The Morgan fingerprint density at radius 1 is 0.667 bits per heavy atom. The van der Waals surface area contributed by atoms with Crippen LogP contribution in [0.5, 0.6) is 17.2 Å². The van der Waals surface area contributed by atoms with Gasteiger partial charge in [-0.25, -0.2) is 22.8 Å². The van der Waals surface area contributed by atoms with E-state index in [-0.39, 0.29) is 84.0 Å². The van der Waals surface area contributed by atoms with Crippen LogP contribution in [0.3, 0.4) is 0 Å². The first-order valence-corrected chi connectivity index (χ1v) is 23.8. The molecule has 5 rings (SSSR count). The summed E-state index contributed by atoms with van der Waals surface area (Å²) in [6.45, 7) is 10.3. The van der Waals surface area contributed by atoms with Crippen molar-refractivity contribution in [3.8, 4) is 17.2 Å². The molecule has 0 spiro atoms. The lowest BCUT2D eigenvalue weighted by Crippen LogP contribution is -2.30. The van der Waals surface area contributed by atoms with Gasteiger partial charge in [0, 0.05) is 80.2 Å². The Balaban J connectivity index is 0.000000507. The third-order valence-corrected chi connectivity index (χ3v) is 10.4. The molecule has 18 nitrogen and oxygen atoms in total. The van der Waals surface area contributed by atoms with Crippen LogP contribution in [0.25, 0.3) is 5.76 Å². The minimum Gasteiger partial charge on any atom is -0.506 e. The van der Waals surface area contributed by atoms with Crippen LogP contribution in [-0.4, -0.2) is 153 Å². The third kappa shape index (κ3) is 21.9. The van der Waals surface area contributed by atoms with Gasteiger partial charge in [0.05, 0.1) is 47.2 Å². The first-order valence-electron chi connectivity index (χ1n) is 23.8. The van der Waals surface area contributed by atoms with E-state index in [1.54, 1.807) is 74.8 Å². The van der Waals surface area contributed by atoms with Crippen molar-refractivity contribution in [2.24, 2.45) is 10.7 Å². The van der Waals surface area contributed by atoms with E-state index < -0.39 is 46.9 Å². The van der Waals surface area contributed by atoms with Crippen molar-refractivity contribution in [1.82, 2.24) is 9.80 Å². The van der Waals surface area contributed by atoms with Crippen LogP contribution in [0, 0.1) is 38.2 Å². The number of aliphatic imine (C=N–C) groups is 1. The number of aliphatic hydroxyl groups excluding tert-OH is 1. The number of Topliss-reactive ketones (excluding diaryl/α,β-unsaturated/α-hetero) is 2. The predicted molar refractivity (Wildman–Crippen MR) is 278 cm³/mol. The molecule has 3 N–H and O–H groups in total. The summed E-state index contributed by atoms with van der Waals surface area (Å²) in [6, 6.07) is 8.30. The van der Waals surface area contributed by atoms with Gasteiger partial charge in [0.2, 0.25) is 12.2 Å². The normalized spacial score (nSPS) is 13.0. The number of nitrogens with two attached hydrogens (primary N) is 1. The average molecular weight is 1060 g/mol. The minimum absolute atomic E-state index is 0.0149. The zero-order chi connectivity index (χ0) is 57.1. The number of carbonyl (C=O) groups is 5. The van der Waals surface area contributed by atoms with Gasteiger partial charge in [-0.2, -0.15) is 0 Å². The topological polar surface area (TPSA) is 224 Å². The van der Waals surface area contributed by atoms with E-state index in [1.165, 1.54) is 70.9 Å². The smallest absolute Gasteiger partial charge is 0.343 e. The second kappa shape index (κ2) is 33.9. The highest BCUT2D eigenvalue weighted by molar-refractivity contribution is 6.24. The molecule has 416 valence electrons. The second-order valence-corrected chi connectivity index (χ2v) is 16.8. The number of methoxy groups -OCH3 is 5. The Hall–Kier alpha value is -6.81. The third-order valence-electron chi connectivity index (χ3n) is 10.4. The van der Waals surface area contributed by atoms with E-state index in [9.17, 15) is 42.3 Å². The van der Waals surface area contributed by atoms with Crippen molar-refractivity contribution < 1.29 is 80.1 Å². The molecule has 0 atom stereocenters. The van der Waals surface area contributed by atoms with Gasteiger partial charge in [0.25, 0.3) is 0 Å². The van der Waals surface area contributed by atoms with Gasteiger partial charge in [-0.15, -0.1) is 0 Å². The molecule has 2 saturated carbocycles. The molecule has 2 aliphatic carbocycles. The predicted octanol–water partition coefficient (Wildman–Crippen LogP) is 8.05. The first-order chi connectivity index (χ1) is 35.4. The zero-order valence-corrected chi connectivity index (χ0v) is 45.8. The van der Waals surface area contributed by atoms with Gasteiger partial charge in [-0.1, -0.05) is 0 Å². The number of hydrogen-bond donors (Lipinski definition) is 2. The SMILES string of the molecule is CCOC(=O)/C(=C/N(C)C)C(=O)c1ccc(F)c(OC)c1C.CCOC(=O)C(C=NC1CC1)=C(O)c1ccc(F)c(OC)c1C.CCOC(=O)CC(=O)c1ccc(F)c(OC)c1C.COC(OC)N(C)C.NC1CC1. The summed E-state index contributed by atoms with van der Waals surface area (Å²) < 4.78 is 79.8. The largest absolute Gasteiger partial charge is 0.506 e. The molecule has 0 radical (unpaired) electrons. The van der Waals surface area contributed by atoms with Crippen LogP contribution < -0.4 is 19.9 Å². The number of ether oxygens (including phenoxy) is 8. The van der Waals surface area contributed by atoms with Crippen LogP contribution in [0.1, 0.15) is 95.8 Å². The van der Waals surface area contributed by atoms with Crippen molar-refractivity contribution in [3.05, 3.63) is 105 Å². The average Bonchev–Trinajstić information content (AvgIpc) is 4.31. The van der Waals surface area contributed by atoms with E-state index in [4.69, 9.17) is 38.9 Å². The first kappa shape index (κ1) is 66.2. The monoisotopic (exact) mass is 1060 g/mol. The van der Waals surface area contributed by atoms with Crippen LogP contribution in [0.4, 0.5) is 13.2 Å². The zero-order valence-electron chi connectivity index (χ0n) is 45.8. The summed E-state index contributed by atoms with van der Waals surface area (Å²) >= 11 is 0. The number of halogens is 3. The number of rotatable bonds is 20. The van der Waals surface area contributed by atoms with Crippen molar-refractivity contribution in [2.75, 3.05) is 83.6 Å². The van der Waals surface area contributed by atoms with E-state index in [2.05, 4.69) is 9.73 Å². The maximum atomic E-state index is 13.7. The Bertz CT molecular complexity index is 2470. The Labute approximate surface area is 438 Å². The van der Waals surface area contributed by atoms with Gasteiger partial charge in [-0.3, -0.25) is 24.3 Å². The van der Waals surface area contributed by atoms with Gasteiger partial charge >= 0.3 is 17.9 Å². The quantitative estimate of drug-likeness (QED) is 0.0126. The van der Waals surface area contributed by atoms with Crippen LogP contribution >= 0.6 is 0 Å². The van der Waals surface area contributed by atoms with Crippen molar-refractivity contribution in [1.29, 1.82) is 0 Å². The molecule has 21 heteroatoms. The molecule has 3 aromatic carbocycles.